The van der Waals surface area contributed by atoms with Gasteiger partial charge >= 0.3 is 0 Å². The number of thioether (sulfide) groups is 1. The summed E-state index contributed by atoms with van der Waals surface area (Å²) in [6.45, 7) is 5.69. The van der Waals surface area contributed by atoms with Crippen LogP contribution in [-0.4, -0.2) is 280 Å². The summed E-state index contributed by atoms with van der Waals surface area (Å²) in [5, 5.41) is 9.83. The van der Waals surface area contributed by atoms with Gasteiger partial charge in [0.15, 0.2) is 0 Å². The lowest BCUT2D eigenvalue weighted by atomic mass is 9.74. The second kappa shape index (κ2) is 37.4. The number of nitrogens with zero attached hydrogens (tertiary/aromatic N) is 9. The monoisotopic (exact) mass is 1500 g/mol. The zero-order valence-corrected chi connectivity index (χ0v) is 65.8. The number of rotatable bonds is 13. The number of nitrogens with one attached hydrogen (secondary N) is 3. The number of amides is 12. The molecule has 12 amide bonds. The van der Waals surface area contributed by atoms with Crippen LogP contribution in [0.1, 0.15) is 213 Å². The van der Waals surface area contributed by atoms with E-state index in [0.29, 0.717) is 75.6 Å². The van der Waals surface area contributed by atoms with Crippen LogP contribution in [0.5, 0.6) is 0 Å². The van der Waals surface area contributed by atoms with Gasteiger partial charge in [-0.3, -0.25) is 57.5 Å². The van der Waals surface area contributed by atoms with Gasteiger partial charge < -0.3 is 64.8 Å². The molecule has 2 bridgehead atoms. The van der Waals surface area contributed by atoms with E-state index >= 15 is 43.2 Å². The van der Waals surface area contributed by atoms with Crippen molar-refractivity contribution in [1.29, 1.82) is 0 Å². The second-order valence-corrected chi connectivity index (χ2v) is 34.6. The molecule has 0 radical (unpaired) electrons. The fourth-order valence-corrected chi connectivity index (χ4v) is 20.8. The van der Waals surface area contributed by atoms with Gasteiger partial charge in [-0.25, -0.2) is 4.39 Å². The smallest absolute Gasteiger partial charge is 0.248 e. The van der Waals surface area contributed by atoms with Crippen molar-refractivity contribution in [3.63, 3.8) is 0 Å². The average molecular weight is 1500 g/mol. The molecule has 27 heteroatoms. The summed E-state index contributed by atoms with van der Waals surface area (Å²) in [5.74, 6) is -5.67. The molecule has 5 aliphatic carbocycles. The first-order valence-corrected chi connectivity index (χ1v) is 41.7. The van der Waals surface area contributed by atoms with Gasteiger partial charge in [-0.1, -0.05) is 70.9 Å². The van der Waals surface area contributed by atoms with Crippen molar-refractivity contribution < 1.29 is 66.7 Å². The lowest BCUT2D eigenvalue weighted by molar-refractivity contribution is -0.158. The van der Waals surface area contributed by atoms with E-state index in [0.717, 1.165) is 82.8 Å². The maximum absolute atomic E-state index is 15.8. The molecule has 0 aromatic heterocycles. The third kappa shape index (κ3) is 19.4. The Kier molecular flexibility index (Phi) is 28.9. The van der Waals surface area contributed by atoms with E-state index in [1.165, 1.54) is 74.4 Å². The molecule has 4 saturated heterocycles. The third-order valence-electron chi connectivity index (χ3n) is 26.3. The normalized spacial score (nSPS) is 33.5. The number of likely N-dealkylation sites (N-methyl/N-ethyl adjacent to an activating group) is 6. The predicted molar refractivity (Wildman–Crippen MR) is 400 cm³/mol. The van der Waals surface area contributed by atoms with Crippen molar-refractivity contribution in [1.82, 2.24) is 60.0 Å². The van der Waals surface area contributed by atoms with Gasteiger partial charge in [-0.05, 0) is 183 Å². The highest BCUT2D eigenvalue weighted by molar-refractivity contribution is 8.00. The van der Waals surface area contributed by atoms with Crippen LogP contribution < -0.4 is 16.0 Å². The van der Waals surface area contributed by atoms with Crippen molar-refractivity contribution in [3.05, 3.63) is 12.2 Å². The van der Waals surface area contributed by atoms with Crippen molar-refractivity contribution >= 4 is 82.6 Å². The SMILES string of the molecule is CCO[C@@H]1C[C@H]2C(=O)NC3(CCC3)C(=O)N(C)[C@@H](C3CCCC3)C(=O)N(C)[C@H](C(=O)N3CCCC3)CC(=O)N(C)[C@@H](CC3CCCC3)C(=O)N[C@@H]([C@@H](C)CC)C(=O)N(C)CC(=O)N(C)[C@H]3C/C=C\CCN(C3=O)[C@@H](CC3CCC(F)CC3)C(=O)N(C)CC(=O)N[C@@H](CCC3CCC4SCCC4C3)C(=O)N2C1. The molecule has 592 valence electrons. The van der Waals surface area contributed by atoms with Gasteiger partial charge in [0, 0.05) is 86.7 Å². The molecule has 106 heavy (non-hydrogen) atoms. The summed E-state index contributed by atoms with van der Waals surface area (Å²) < 4.78 is 21.0. The molecule has 3 unspecified atom stereocenters. The quantitative estimate of drug-likeness (QED) is 0.172. The predicted octanol–water partition coefficient (Wildman–Crippen LogP) is 6.24. The van der Waals surface area contributed by atoms with Crippen LogP contribution >= 0.6 is 11.8 Å². The summed E-state index contributed by atoms with van der Waals surface area (Å²) in [6, 6.07) is -9.37. The first kappa shape index (κ1) is 82.1. The number of fused-ring (bicyclic) bond motifs is 4. The first-order chi connectivity index (χ1) is 50.7. The second-order valence-electron chi connectivity index (χ2n) is 33.3. The van der Waals surface area contributed by atoms with Crippen LogP contribution in [0.3, 0.4) is 0 Å². The molecular weight excluding hydrogens is 1380 g/mol. The lowest BCUT2D eigenvalue weighted by Crippen LogP contribution is -2.68. The lowest BCUT2D eigenvalue weighted by Gasteiger charge is -2.46. The molecule has 0 aromatic rings. The largest absolute Gasteiger partial charge is 0.377 e. The summed E-state index contributed by atoms with van der Waals surface area (Å²) in [5.41, 5.74) is -1.49. The average Bonchev–Trinajstić information content (AvgIpc) is 0.780. The Hall–Kier alpha value is -6.38. The van der Waals surface area contributed by atoms with Gasteiger partial charge in [0.05, 0.1) is 25.6 Å². The van der Waals surface area contributed by atoms with E-state index in [1.54, 1.807) is 11.9 Å². The summed E-state index contributed by atoms with van der Waals surface area (Å²) in [7, 11) is 9.01. The van der Waals surface area contributed by atoms with Crippen molar-refractivity contribution in [2.75, 3.05) is 93.9 Å². The molecule has 0 aromatic carbocycles. The maximum atomic E-state index is 15.8. The number of halogens is 1. The third-order valence-corrected chi connectivity index (χ3v) is 27.8. The Morgan fingerprint density at radius 1 is 0.604 bits per heavy atom. The molecule has 10 aliphatic rings. The van der Waals surface area contributed by atoms with Gasteiger partial charge in [0.25, 0.3) is 0 Å². The Labute approximate surface area is 632 Å². The number of hydrogen-bond acceptors (Lipinski definition) is 14. The van der Waals surface area contributed by atoms with Crippen molar-refractivity contribution in [3.8, 4) is 0 Å². The highest BCUT2D eigenvalue weighted by Crippen LogP contribution is 2.46. The van der Waals surface area contributed by atoms with Gasteiger partial charge in [-0.2, -0.15) is 11.8 Å². The Morgan fingerprint density at radius 3 is 1.93 bits per heavy atom. The van der Waals surface area contributed by atoms with Crippen molar-refractivity contribution in [2.24, 2.45) is 35.5 Å². The van der Waals surface area contributed by atoms with Crippen LogP contribution in [0.2, 0.25) is 0 Å². The summed E-state index contributed by atoms with van der Waals surface area (Å²) in [6.07, 6.45) is 18.2. The molecule has 5 aliphatic heterocycles. The maximum Gasteiger partial charge on any atom is 0.248 e. The molecule has 25 nitrogen and oxygen atoms in total. The molecule has 5 saturated carbocycles. The van der Waals surface area contributed by atoms with E-state index in [9.17, 15) is 18.8 Å². The van der Waals surface area contributed by atoms with E-state index in [-0.39, 0.29) is 101 Å². The fraction of sp³-hybridized carbons (Fsp3) is 0.823. The van der Waals surface area contributed by atoms with Crippen molar-refractivity contribution in [2.45, 2.75) is 285 Å². The molecule has 10 rings (SSSR count). The van der Waals surface area contributed by atoms with Crippen LogP contribution in [0, 0.1) is 35.5 Å². The standard InChI is InChI=1S/C79H125FN12O13S/c1-10-50(3)68-76(102)85(5)49-67(95)86(6)59-26-13-12-18-40-91(75(59)101)63(44-53-27-31-56(80)32-28-53)73(99)84(4)48-65(93)81-58(33-29-52-30-34-64-55(42-52)35-41-106-64)72(98)92-47-57(105-11-2)45-61(92)71(97)83-79(36-21-37-79)78(104)89(9)69(54-24-16-17-25-54)77(103)88(8)62(74(100)90-38-19-20-39-90)46-66(94)87(7)60(70(96)82-68)43-51-22-14-15-23-51/h12-13,50-64,68-69H,10-11,14-49H2,1-9H3,(H,81,93)(H,82,96)(H,83,97)/b13-12-/t50-,52?,53?,55?,56?,57+,58-,59-,60-,61-,62-,63-,64?,68-,69-/m0/s1. The number of hydrogen-bond donors (Lipinski definition) is 3. The molecule has 1 spiro atoms. The number of alkyl halides is 1. The number of carbonyl (C=O) groups excluding carboxylic acids is 12. The van der Waals surface area contributed by atoms with Crippen LogP contribution in [0.25, 0.3) is 0 Å². The minimum absolute atomic E-state index is 0.00963. The minimum Gasteiger partial charge on any atom is -0.377 e. The number of carbonyl (C=O) groups is 12. The minimum atomic E-state index is -1.49. The summed E-state index contributed by atoms with van der Waals surface area (Å²) >= 11 is 2.02. The van der Waals surface area contributed by atoms with E-state index < -0.39 is 162 Å². The molecule has 9 fully saturated rings. The topological polar surface area (TPSA) is 279 Å². The highest BCUT2D eigenvalue weighted by atomic mass is 32.2. The summed E-state index contributed by atoms with van der Waals surface area (Å²) in [4.78, 5) is 196. The van der Waals surface area contributed by atoms with E-state index in [2.05, 4.69) is 16.0 Å². The van der Waals surface area contributed by atoms with E-state index in [4.69, 9.17) is 4.74 Å². The Bertz CT molecular complexity index is 3170. The van der Waals surface area contributed by atoms with Crippen LogP contribution in [-0.2, 0) is 62.3 Å². The first-order valence-electron chi connectivity index (χ1n) is 40.6. The Morgan fingerprint density at radius 2 is 1.26 bits per heavy atom. The molecule has 13 atom stereocenters. The van der Waals surface area contributed by atoms with Crippen LogP contribution in [0.4, 0.5) is 4.39 Å². The van der Waals surface area contributed by atoms with E-state index in [1.807, 2.05) is 44.7 Å². The number of likely N-dealkylation sites (tertiary alicyclic amines) is 1. The molecule has 5 heterocycles. The zero-order chi connectivity index (χ0) is 76.3. The highest BCUT2D eigenvalue weighted by Gasteiger charge is 2.54. The van der Waals surface area contributed by atoms with Gasteiger partial charge in [0.1, 0.15) is 60.0 Å². The van der Waals surface area contributed by atoms with Crippen LogP contribution in [0.15, 0.2) is 12.2 Å². The molecular formula is C79H125FN12O13S. The van der Waals surface area contributed by atoms with Gasteiger partial charge in [-0.15, -0.1) is 0 Å². The molecule has 3 N–H and O–H groups in total. The van der Waals surface area contributed by atoms with Gasteiger partial charge in [0.2, 0.25) is 70.9 Å². The Balaban J connectivity index is 1.01. The fourth-order valence-electron chi connectivity index (χ4n) is 19.2. The number of ether oxygens (including phenoxy) is 1. The zero-order valence-electron chi connectivity index (χ0n) is 65.0.